The lowest BCUT2D eigenvalue weighted by molar-refractivity contribution is -0.0245. The van der Waals surface area contributed by atoms with E-state index in [0.29, 0.717) is 5.41 Å². The molecule has 1 aromatic rings. The van der Waals surface area contributed by atoms with Crippen LogP contribution in [0, 0.1) is 11.3 Å². The number of nitrogens with zero attached hydrogens (tertiary/aromatic N) is 1. The minimum absolute atomic E-state index is 0.373. The molecule has 0 spiro atoms. The molecule has 0 saturated heterocycles. The van der Waals surface area contributed by atoms with Crippen molar-refractivity contribution in [1.29, 1.82) is 0 Å². The Morgan fingerprint density at radius 1 is 1.22 bits per heavy atom. The Kier molecular flexibility index (Phi) is 3.76. The summed E-state index contributed by atoms with van der Waals surface area (Å²) < 4.78 is 0. The van der Waals surface area contributed by atoms with Crippen LogP contribution in [0.2, 0.25) is 0 Å². The molecule has 18 heavy (non-hydrogen) atoms. The van der Waals surface area contributed by atoms with Gasteiger partial charge in [-0.15, -0.1) is 0 Å². The molecule has 0 aliphatic heterocycles. The van der Waals surface area contributed by atoms with Crippen LogP contribution in [0.5, 0.6) is 0 Å². The van der Waals surface area contributed by atoms with Gasteiger partial charge in [0.15, 0.2) is 0 Å². The van der Waals surface area contributed by atoms with E-state index < -0.39 is 5.60 Å². The van der Waals surface area contributed by atoms with Crippen molar-refractivity contribution in [1.82, 2.24) is 4.98 Å². The Bertz CT molecular complexity index is 372. The van der Waals surface area contributed by atoms with E-state index in [4.69, 9.17) is 0 Å². The molecule has 0 amide bonds. The molecule has 2 nitrogen and oxygen atoms in total. The fourth-order valence-electron chi connectivity index (χ4n) is 3.08. The van der Waals surface area contributed by atoms with Crippen LogP contribution in [0.25, 0.3) is 0 Å². The molecule has 1 aromatic heterocycles. The standard InChI is InChI=1S/C16H25NO/c1-15(2,3)14-4-8-16(18,9-5-14)12-13-6-10-17-11-7-13/h6-7,10-11,14,18H,4-5,8-9,12H2,1-3H3. The SMILES string of the molecule is CC(C)(C)C1CCC(O)(Cc2ccncc2)CC1. The van der Waals surface area contributed by atoms with E-state index in [1.807, 2.05) is 12.1 Å². The zero-order chi connectivity index (χ0) is 13.2. The van der Waals surface area contributed by atoms with Gasteiger partial charge in [0.2, 0.25) is 0 Å². The lowest BCUT2D eigenvalue weighted by Crippen LogP contribution is -2.39. The fraction of sp³-hybridized carbons (Fsp3) is 0.688. The second-order valence-corrected chi connectivity index (χ2v) is 6.90. The van der Waals surface area contributed by atoms with Crippen LogP contribution >= 0.6 is 0 Å². The summed E-state index contributed by atoms with van der Waals surface area (Å²) >= 11 is 0. The van der Waals surface area contributed by atoms with Gasteiger partial charge >= 0.3 is 0 Å². The Morgan fingerprint density at radius 3 is 2.28 bits per heavy atom. The van der Waals surface area contributed by atoms with Crippen molar-refractivity contribution >= 4 is 0 Å². The number of pyridine rings is 1. The molecule has 0 atom stereocenters. The van der Waals surface area contributed by atoms with Crippen LogP contribution in [0.4, 0.5) is 0 Å². The van der Waals surface area contributed by atoms with Gasteiger partial charge in [0.1, 0.15) is 0 Å². The quantitative estimate of drug-likeness (QED) is 0.866. The number of hydrogen-bond donors (Lipinski definition) is 1. The van der Waals surface area contributed by atoms with Gasteiger partial charge in [0.05, 0.1) is 5.60 Å². The van der Waals surface area contributed by atoms with Crippen LogP contribution < -0.4 is 0 Å². The van der Waals surface area contributed by atoms with E-state index in [-0.39, 0.29) is 0 Å². The van der Waals surface area contributed by atoms with Crippen molar-refractivity contribution < 1.29 is 5.11 Å². The normalized spacial score (nSPS) is 29.2. The van der Waals surface area contributed by atoms with Gasteiger partial charge in [-0.3, -0.25) is 4.98 Å². The zero-order valence-corrected chi connectivity index (χ0v) is 11.8. The first-order chi connectivity index (χ1) is 8.39. The van der Waals surface area contributed by atoms with Gasteiger partial charge in [-0.05, 0) is 54.7 Å². The van der Waals surface area contributed by atoms with Crippen LogP contribution in [-0.4, -0.2) is 15.7 Å². The molecule has 0 radical (unpaired) electrons. The lowest BCUT2D eigenvalue weighted by atomic mass is 9.67. The molecule has 1 heterocycles. The van der Waals surface area contributed by atoms with E-state index >= 15 is 0 Å². The molecular weight excluding hydrogens is 222 g/mol. The molecule has 0 aromatic carbocycles. The Morgan fingerprint density at radius 2 is 1.78 bits per heavy atom. The average Bonchev–Trinajstić information content (AvgIpc) is 2.29. The third-order valence-corrected chi connectivity index (χ3v) is 4.42. The van der Waals surface area contributed by atoms with Crippen molar-refractivity contribution in [3.8, 4) is 0 Å². The van der Waals surface area contributed by atoms with Crippen molar-refractivity contribution in [2.75, 3.05) is 0 Å². The molecule has 0 unspecified atom stereocenters. The minimum Gasteiger partial charge on any atom is -0.390 e. The summed E-state index contributed by atoms with van der Waals surface area (Å²) in [6.45, 7) is 6.93. The number of aromatic nitrogens is 1. The van der Waals surface area contributed by atoms with Crippen molar-refractivity contribution in [2.45, 2.75) is 58.5 Å². The highest BCUT2D eigenvalue weighted by molar-refractivity contribution is 5.13. The predicted octanol–water partition coefficient (Wildman–Crippen LogP) is 3.59. The fourth-order valence-corrected chi connectivity index (χ4v) is 3.08. The summed E-state index contributed by atoms with van der Waals surface area (Å²) in [7, 11) is 0. The molecule has 2 heteroatoms. The van der Waals surface area contributed by atoms with E-state index in [2.05, 4.69) is 25.8 Å². The number of rotatable bonds is 2. The zero-order valence-electron chi connectivity index (χ0n) is 11.8. The van der Waals surface area contributed by atoms with Crippen molar-refractivity contribution in [3.05, 3.63) is 30.1 Å². The Hall–Kier alpha value is -0.890. The first-order valence-electron chi connectivity index (χ1n) is 7.00. The molecule has 1 fully saturated rings. The maximum Gasteiger partial charge on any atom is 0.0688 e. The summed E-state index contributed by atoms with van der Waals surface area (Å²) in [4.78, 5) is 4.02. The van der Waals surface area contributed by atoms with Crippen molar-refractivity contribution in [2.24, 2.45) is 11.3 Å². The maximum absolute atomic E-state index is 10.7. The van der Waals surface area contributed by atoms with E-state index in [0.717, 1.165) is 38.0 Å². The summed E-state index contributed by atoms with van der Waals surface area (Å²) in [6, 6.07) is 4.02. The Labute approximate surface area is 110 Å². The van der Waals surface area contributed by atoms with Gasteiger partial charge in [-0.2, -0.15) is 0 Å². The highest BCUT2D eigenvalue weighted by atomic mass is 16.3. The summed E-state index contributed by atoms with van der Waals surface area (Å²) in [5.41, 5.74) is 1.07. The minimum atomic E-state index is -0.497. The van der Waals surface area contributed by atoms with Crippen LogP contribution in [0.3, 0.4) is 0 Å². The third-order valence-electron chi connectivity index (χ3n) is 4.42. The number of hydrogen-bond acceptors (Lipinski definition) is 2. The topological polar surface area (TPSA) is 33.1 Å². The smallest absolute Gasteiger partial charge is 0.0688 e. The third kappa shape index (κ3) is 3.32. The van der Waals surface area contributed by atoms with Gasteiger partial charge in [0, 0.05) is 18.8 Å². The molecule has 100 valence electrons. The molecular formula is C16H25NO. The van der Waals surface area contributed by atoms with Crippen LogP contribution in [0.15, 0.2) is 24.5 Å². The largest absolute Gasteiger partial charge is 0.390 e. The van der Waals surface area contributed by atoms with Gasteiger partial charge in [-0.25, -0.2) is 0 Å². The first-order valence-corrected chi connectivity index (χ1v) is 7.00. The predicted molar refractivity (Wildman–Crippen MR) is 74.3 cm³/mol. The molecule has 1 N–H and O–H groups in total. The van der Waals surface area contributed by atoms with Gasteiger partial charge < -0.3 is 5.11 Å². The van der Waals surface area contributed by atoms with Gasteiger partial charge in [0.25, 0.3) is 0 Å². The first kappa shape index (κ1) is 13.5. The monoisotopic (exact) mass is 247 g/mol. The van der Waals surface area contributed by atoms with Crippen LogP contribution in [0.1, 0.15) is 52.0 Å². The molecule has 1 aliphatic rings. The van der Waals surface area contributed by atoms with Crippen molar-refractivity contribution in [3.63, 3.8) is 0 Å². The molecule has 2 rings (SSSR count). The highest BCUT2D eigenvalue weighted by Gasteiger charge is 2.37. The molecule has 1 saturated carbocycles. The average molecular weight is 247 g/mol. The van der Waals surface area contributed by atoms with E-state index in [9.17, 15) is 5.11 Å². The van der Waals surface area contributed by atoms with E-state index in [1.165, 1.54) is 5.56 Å². The summed E-state index contributed by atoms with van der Waals surface area (Å²) in [5.74, 6) is 0.746. The Balaban J connectivity index is 1.95. The second-order valence-electron chi connectivity index (χ2n) is 6.90. The van der Waals surface area contributed by atoms with Gasteiger partial charge in [-0.1, -0.05) is 20.8 Å². The summed E-state index contributed by atoms with van der Waals surface area (Å²) in [6.07, 6.45) is 8.52. The summed E-state index contributed by atoms with van der Waals surface area (Å²) in [5, 5.41) is 10.7. The molecule has 0 bridgehead atoms. The second kappa shape index (κ2) is 5.00. The molecule has 1 aliphatic carbocycles. The lowest BCUT2D eigenvalue weighted by Gasteiger charge is -2.41. The van der Waals surface area contributed by atoms with Crippen LogP contribution in [-0.2, 0) is 6.42 Å². The van der Waals surface area contributed by atoms with E-state index in [1.54, 1.807) is 12.4 Å². The number of aliphatic hydroxyl groups is 1. The maximum atomic E-state index is 10.7. The highest BCUT2D eigenvalue weighted by Crippen LogP contribution is 2.42.